The number of aromatic nitrogens is 1. The summed E-state index contributed by atoms with van der Waals surface area (Å²) in [6, 6.07) is 3.08. The van der Waals surface area contributed by atoms with Gasteiger partial charge in [-0.1, -0.05) is 11.6 Å². The van der Waals surface area contributed by atoms with Crippen molar-refractivity contribution in [3.8, 4) is 11.9 Å². The van der Waals surface area contributed by atoms with E-state index in [4.69, 9.17) is 16.9 Å². The molecule has 1 aromatic heterocycles. The van der Waals surface area contributed by atoms with Crippen LogP contribution < -0.4 is 4.74 Å². The van der Waals surface area contributed by atoms with Crippen molar-refractivity contribution in [3.05, 3.63) is 22.8 Å². The van der Waals surface area contributed by atoms with Gasteiger partial charge in [-0.2, -0.15) is 31.6 Å². The Morgan fingerprint density at radius 1 is 1.16 bits per heavy atom. The molecule has 0 aliphatic carbocycles. The number of nitriles is 1. The summed E-state index contributed by atoms with van der Waals surface area (Å²) in [5.74, 6) is -1.04. The lowest BCUT2D eigenvalue weighted by atomic mass is 10.3. The van der Waals surface area contributed by atoms with Gasteiger partial charge in [0.15, 0.2) is 0 Å². The molecule has 19 heavy (non-hydrogen) atoms. The molecule has 0 unspecified atom stereocenters. The van der Waals surface area contributed by atoms with E-state index in [1.807, 2.05) is 0 Å². The van der Waals surface area contributed by atoms with E-state index in [0.29, 0.717) is 6.07 Å². The summed E-state index contributed by atoms with van der Waals surface area (Å²) in [6.45, 7) is 0. The van der Waals surface area contributed by atoms with Crippen molar-refractivity contribution in [2.75, 3.05) is 0 Å². The zero-order valence-corrected chi connectivity index (χ0v) is 9.44. The molecule has 3 nitrogen and oxygen atoms in total. The molecule has 0 saturated heterocycles. The number of halogens is 7. The van der Waals surface area contributed by atoms with Crippen LogP contribution in [0, 0.1) is 11.3 Å². The smallest absolute Gasteiger partial charge is 0.434 e. The van der Waals surface area contributed by atoms with Gasteiger partial charge >= 0.3 is 12.4 Å². The minimum absolute atomic E-state index is 0.280. The molecule has 0 N–H and O–H groups in total. The predicted octanol–water partition coefficient (Wildman–Crippen LogP) is 3.48. The van der Waals surface area contributed by atoms with Gasteiger partial charge in [0.05, 0.1) is 11.6 Å². The Bertz CT molecular complexity index is 493. The number of hydrogen-bond donors (Lipinski definition) is 0. The van der Waals surface area contributed by atoms with E-state index >= 15 is 0 Å². The zero-order valence-electron chi connectivity index (χ0n) is 8.68. The Morgan fingerprint density at radius 2 is 1.68 bits per heavy atom. The Hall–Kier alpha value is -1.69. The van der Waals surface area contributed by atoms with Gasteiger partial charge in [0.1, 0.15) is 5.15 Å². The van der Waals surface area contributed by atoms with Crippen molar-refractivity contribution in [1.82, 2.24) is 4.98 Å². The van der Waals surface area contributed by atoms with E-state index in [2.05, 4.69) is 9.72 Å². The van der Waals surface area contributed by atoms with Crippen molar-refractivity contribution in [3.63, 3.8) is 0 Å². The third-order valence-electron chi connectivity index (χ3n) is 1.73. The number of pyridine rings is 1. The van der Waals surface area contributed by atoms with Crippen LogP contribution in [-0.2, 0) is 0 Å². The fourth-order valence-electron chi connectivity index (χ4n) is 1.04. The van der Waals surface area contributed by atoms with Gasteiger partial charge in [0, 0.05) is 6.07 Å². The number of hydrogen-bond acceptors (Lipinski definition) is 3. The minimum atomic E-state index is -5.67. The molecule has 10 heteroatoms. The molecule has 0 amide bonds. The highest BCUT2D eigenvalue weighted by Crippen LogP contribution is 2.36. The first kappa shape index (κ1) is 15.4. The molecular weight excluding hydrogens is 302 g/mol. The fourth-order valence-corrected chi connectivity index (χ4v) is 1.24. The SMILES string of the molecule is N#Cc1cc(Cl)nc(OC(C(F)(F)F)C(F)(F)F)c1. The van der Waals surface area contributed by atoms with E-state index < -0.39 is 29.5 Å². The van der Waals surface area contributed by atoms with Crippen LogP contribution >= 0.6 is 11.6 Å². The van der Waals surface area contributed by atoms with Gasteiger partial charge < -0.3 is 4.74 Å². The molecule has 1 aromatic rings. The summed E-state index contributed by atoms with van der Waals surface area (Å²) in [6.07, 6.45) is -15.4. The predicted molar refractivity (Wildman–Crippen MR) is 50.5 cm³/mol. The molecule has 0 aliphatic rings. The topological polar surface area (TPSA) is 45.9 Å². The highest BCUT2D eigenvalue weighted by atomic mass is 35.5. The van der Waals surface area contributed by atoms with Crippen LogP contribution in [0.4, 0.5) is 26.3 Å². The van der Waals surface area contributed by atoms with Gasteiger partial charge in [-0.05, 0) is 6.07 Å². The lowest BCUT2D eigenvalue weighted by Gasteiger charge is -2.23. The normalized spacial score (nSPS) is 12.4. The zero-order chi connectivity index (χ0) is 14.8. The molecule has 0 fully saturated rings. The standard InChI is InChI=1S/C9H3ClF6N2O/c10-5-1-4(3-17)2-6(18-5)19-7(8(11,12)13)9(14,15)16/h1-2,7H. The van der Waals surface area contributed by atoms with Crippen LogP contribution in [0.15, 0.2) is 12.1 Å². The molecular formula is C9H3ClF6N2O. The van der Waals surface area contributed by atoms with E-state index in [1.54, 1.807) is 0 Å². The average Bonchev–Trinajstić information content (AvgIpc) is 2.22. The maximum atomic E-state index is 12.2. The number of nitrogens with zero attached hydrogens (tertiary/aromatic N) is 2. The van der Waals surface area contributed by atoms with Gasteiger partial charge in [-0.25, -0.2) is 4.98 Å². The van der Waals surface area contributed by atoms with E-state index in [-0.39, 0.29) is 5.56 Å². The third kappa shape index (κ3) is 4.17. The maximum Gasteiger partial charge on any atom is 0.434 e. The molecule has 1 rings (SSSR count). The second-order valence-electron chi connectivity index (χ2n) is 3.21. The van der Waals surface area contributed by atoms with Crippen LogP contribution in [-0.4, -0.2) is 23.4 Å². The molecule has 0 saturated carbocycles. The molecule has 104 valence electrons. The second kappa shape index (κ2) is 5.13. The van der Waals surface area contributed by atoms with Gasteiger partial charge in [-0.15, -0.1) is 0 Å². The van der Waals surface area contributed by atoms with Crippen LogP contribution in [0.3, 0.4) is 0 Å². The van der Waals surface area contributed by atoms with Gasteiger partial charge in [0.2, 0.25) is 5.88 Å². The first-order valence-electron chi connectivity index (χ1n) is 4.42. The molecule has 0 radical (unpaired) electrons. The molecule has 0 bridgehead atoms. The lowest BCUT2D eigenvalue weighted by Crippen LogP contribution is -2.46. The third-order valence-corrected chi connectivity index (χ3v) is 1.93. The summed E-state index contributed by atoms with van der Waals surface area (Å²) >= 11 is 5.34. The van der Waals surface area contributed by atoms with Crippen molar-refractivity contribution in [2.24, 2.45) is 0 Å². The summed E-state index contributed by atoms with van der Waals surface area (Å²) in [7, 11) is 0. The monoisotopic (exact) mass is 304 g/mol. The van der Waals surface area contributed by atoms with Gasteiger partial charge in [0.25, 0.3) is 6.10 Å². The van der Waals surface area contributed by atoms with Crippen molar-refractivity contribution in [1.29, 1.82) is 5.26 Å². The highest BCUT2D eigenvalue weighted by molar-refractivity contribution is 6.29. The lowest BCUT2D eigenvalue weighted by molar-refractivity contribution is -0.300. The number of rotatable bonds is 2. The average molecular weight is 305 g/mol. The largest absolute Gasteiger partial charge is 0.455 e. The van der Waals surface area contributed by atoms with Crippen molar-refractivity contribution >= 4 is 11.6 Å². The quantitative estimate of drug-likeness (QED) is 0.621. The summed E-state index contributed by atoms with van der Waals surface area (Å²) in [4.78, 5) is 3.14. The molecule has 1 heterocycles. The van der Waals surface area contributed by atoms with E-state index in [1.165, 1.54) is 6.07 Å². The Labute approximate surface area is 107 Å². The maximum absolute atomic E-state index is 12.2. The van der Waals surface area contributed by atoms with Crippen LogP contribution in [0.1, 0.15) is 5.56 Å². The van der Waals surface area contributed by atoms with Crippen LogP contribution in [0.2, 0.25) is 5.15 Å². The summed E-state index contributed by atoms with van der Waals surface area (Å²) < 4.78 is 77.1. The second-order valence-corrected chi connectivity index (χ2v) is 3.60. The highest BCUT2D eigenvalue weighted by Gasteiger charge is 2.59. The van der Waals surface area contributed by atoms with E-state index in [0.717, 1.165) is 6.07 Å². The number of alkyl halides is 6. The molecule has 0 spiro atoms. The van der Waals surface area contributed by atoms with E-state index in [9.17, 15) is 26.3 Å². The minimum Gasteiger partial charge on any atom is -0.455 e. The Kier molecular flexibility index (Phi) is 4.15. The Morgan fingerprint density at radius 3 is 2.11 bits per heavy atom. The first-order valence-corrected chi connectivity index (χ1v) is 4.79. The first-order chi connectivity index (χ1) is 8.54. The summed E-state index contributed by atoms with van der Waals surface area (Å²) in [5.41, 5.74) is -0.280. The fraction of sp³-hybridized carbons (Fsp3) is 0.333. The van der Waals surface area contributed by atoms with Crippen LogP contribution in [0.5, 0.6) is 5.88 Å². The van der Waals surface area contributed by atoms with Crippen molar-refractivity contribution < 1.29 is 31.1 Å². The van der Waals surface area contributed by atoms with Gasteiger partial charge in [-0.3, -0.25) is 0 Å². The number of ether oxygens (including phenoxy) is 1. The van der Waals surface area contributed by atoms with Crippen molar-refractivity contribution in [2.45, 2.75) is 18.5 Å². The molecule has 0 atom stereocenters. The van der Waals surface area contributed by atoms with Crippen LogP contribution in [0.25, 0.3) is 0 Å². The molecule has 0 aliphatic heterocycles. The Balaban J connectivity index is 3.11. The molecule has 0 aromatic carbocycles. The summed E-state index contributed by atoms with van der Waals surface area (Å²) in [5, 5.41) is 8.04.